The summed E-state index contributed by atoms with van der Waals surface area (Å²) in [5, 5.41) is 0. The molecule has 0 N–H and O–H groups in total. The minimum Gasteiger partial charge on any atom is -0.300 e. The number of rotatable bonds is 3. The Hall–Kier alpha value is -0.220. The van der Waals surface area contributed by atoms with E-state index in [1.165, 1.54) is 0 Å². The van der Waals surface area contributed by atoms with E-state index in [0.717, 1.165) is 24.6 Å². The highest BCUT2D eigenvalue weighted by atomic mass is 32.2. The summed E-state index contributed by atoms with van der Waals surface area (Å²) >= 11 is 0. The van der Waals surface area contributed by atoms with Crippen molar-refractivity contribution in [1.82, 2.24) is 4.90 Å². The summed E-state index contributed by atoms with van der Waals surface area (Å²) < 4.78 is 11.2. The van der Waals surface area contributed by atoms with Crippen LogP contribution in [0, 0.1) is 0 Å². The molecule has 0 amide bonds. The fourth-order valence-corrected chi connectivity index (χ4v) is 2.88. The third kappa shape index (κ3) is 3.56. The van der Waals surface area contributed by atoms with Crippen LogP contribution in [0.25, 0.3) is 0 Å². The Morgan fingerprint density at radius 3 is 2.85 bits per heavy atom. The van der Waals surface area contributed by atoms with Crippen molar-refractivity contribution in [2.45, 2.75) is 26.3 Å². The number of nitrogens with zero attached hydrogens (tertiary/aromatic N) is 1. The summed E-state index contributed by atoms with van der Waals surface area (Å²) in [6.07, 6.45) is 0.622. The van der Waals surface area contributed by atoms with Crippen LogP contribution in [-0.4, -0.2) is 45.5 Å². The van der Waals surface area contributed by atoms with Gasteiger partial charge in [0.1, 0.15) is 5.78 Å². The fourth-order valence-electron chi connectivity index (χ4n) is 1.53. The van der Waals surface area contributed by atoms with Crippen LogP contribution in [-0.2, 0) is 15.6 Å². The molecule has 4 heteroatoms. The lowest BCUT2D eigenvalue weighted by atomic mass is 10.2. The Morgan fingerprint density at radius 1 is 1.62 bits per heavy atom. The van der Waals surface area contributed by atoms with Gasteiger partial charge >= 0.3 is 0 Å². The predicted molar refractivity (Wildman–Crippen MR) is 54.2 cm³/mol. The molecule has 0 aromatic heterocycles. The molecule has 1 aliphatic heterocycles. The Morgan fingerprint density at radius 2 is 2.31 bits per heavy atom. The highest BCUT2D eigenvalue weighted by Crippen LogP contribution is 2.08. The van der Waals surface area contributed by atoms with E-state index in [1.807, 2.05) is 0 Å². The molecule has 1 rings (SSSR count). The summed E-state index contributed by atoms with van der Waals surface area (Å²) in [5.74, 6) is 1.76. The standard InChI is InChI=1S/C9H17NO2S/c1-8-7-13(12)6-5-10(8)4-3-9(2)11/h8H,3-7H2,1-2H3. The van der Waals surface area contributed by atoms with Gasteiger partial charge in [0, 0.05) is 47.9 Å². The van der Waals surface area contributed by atoms with E-state index in [0.29, 0.717) is 12.5 Å². The molecule has 1 fully saturated rings. The second-order valence-electron chi connectivity index (χ2n) is 3.65. The number of carbonyl (C=O) groups is 1. The molecule has 1 heterocycles. The number of Topliss-reactive ketones (excluding diaryl/α,β-unsaturated/α-hetero) is 1. The van der Waals surface area contributed by atoms with Gasteiger partial charge in [0.15, 0.2) is 0 Å². The zero-order chi connectivity index (χ0) is 9.84. The molecule has 13 heavy (non-hydrogen) atoms. The molecule has 76 valence electrons. The Balaban J connectivity index is 2.33. The number of ketones is 1. The van der Waals surface area contributed by atoms with Gasteiger partial charge in [0.25, 0.3) is 0 Å². The molecule has 0 bridgehead atoms. The molecule has 0 aliphatic carbocycles. The van der Waals surface area contributed by atoms with Crippen molar-refractivity contribution in [1.29, 1.82) is 0 Å². The largest absolute Gasteiger partial charge is 0.300 e. The van der Waals surface area contributed by atoms with Crippen molar-refractivity contribution in [2.24, 2.45) is 0 Å². The summed E-state index contributed by atoms with van der Waals surface area (Å²) in [7, 11) is -0.632. The Labute approximate surface area is 81.9 Å². The molecular formula is C9H17NO2S. The quantitative estimate of drug-likeness (QED) is 0.667. The van der Waals surface area contributed by atoms with E-state index in [2.05, 4.69) is 11.8 Å². The minimum atomic E-state index is -0.632. The average molecular weight is 203 g/mol. The third-order valence-electron chi connectivity index (χ3n) is 2.41. The number of hydrogen-bond donors (Lipinski definition) is 0. The normalized spacial score (nSPS) is 30.3. The summed E-state index contributed by atoms with van der Waals surface area (Å²) in [5.41, 5.74) is 0. The number of carbonyl (C=O) groups excluding carboxylic acids is 1. The fraction of sp³-hybridized carbons (Fsp3) is 0.889. The van der Waals surface area contributed by atoms with E-state index in [1.54, 1.807) is 6.92 Å². The first kappa shape index (κ1) is 10.9. The van der Waals surface area contributed by atoms with Crippen LogP contribution in [0.4, 0.5) is 0 Å². The lowest BCUT2D eigenvalue weighted by Crippen LogP contribution is -2.45. The maximum absolute atomic E-state index is 11.2. The SMILES string of the molecule is CC(=O)CCN1CCS(=O)CC1C. The van der Waals surface area contributed by atoms with Crippen molar-refractivity contribution < 1.29 is 9.00 Å². The minimum absolute atomic E-state index is 0.235. The first-order chi connectivity index (χ1) is 6.09. The van der Waals surface area contributed by atoms with Crippen molar-refractivity contribution in [3.63, 3.8) is 0 Å². The van der Waals surface area contributed by atoms with Gasteiger partial charge in [0.05, 0.1) is 0 Å². The van der Waals surface area contributed by atoms with Crippen molar-refractivity contribution in [2.75, 3.05) is 24.6 Å². The van der Waals surface area contributed by atoms with Gasteiger partial charge in [-0.25, -0.2) is 0 Å². The van der Waals surface area contributed by atoms with E-state index in [9.17, 15) is 9.00 Å². The smallest absolute Gasteiger partial charge is 0.131 e. The van der Waals surface area contributed by atoms with Gasteiger partial charge < -0.3 is 0 Å². The maximum Gasteiger partial charge on any atom is 0.131 e. The molecule has 1 aliphatic rings. The molecule has 1 saturated heterocycles. The highest BCUT2D eigenvalue weighted by Gasteiger charge is 2.22. The van der Waals surface area contributed by atoms with Gasteiger partial charge in [-0.3, -0.25) is 13.9 Å². The van der Waals surface area contributed by atoms with Crippen LogP contribution in [0.3, 0.4) is 0 Å². The topological polar surface area (TPSA) is 37.4 Å². The second-order valence-corrected chi connectivity index (χ2v) is 5.27. The van der Waals surface area contributed by atoms with E-state index in [-0.39, 0.29) is 5.78 Å². The molecule has 2 atom stereocenters. The molecule has 0 spiro atoms. The Bertz CT molecular complexity index is 218. The van der Waals surface area contributed by atoms with Gasteiger partial charge in [-0.15, -0.1) is 0 Å². The van der Waals surface area contributed by atoms with Crippen LogP contribution >= 0.6 is 0 Å². The lowest BCUT2D eigenvalue weighted by Gasteiger charge is -2.32. The van der Waals surface area contributed by atoms with E-state index >= 15 is 0 Å². The molecule has 0 aromatic carbocycles. The monoisotopic (exact) mass is 203 g/mol. The molecule has 2 unspecified atom stereocenters. The van der Waals surface area contributed by atoms with Crippen LogP contribution in [0.2, 0.25) is 0 Å². The maximum atomic E-state index is 11.2. The van der Waals surface area contributed by atoms with Crippen molar-refractivity contribution in [3.8, 4) is 0 Å². The first-order valence-electron chi connectivity index (χ1n) is 4.68. The van der Waals surface area contributed by atoms with Crippen molar-refractivity contribution in [3.05, 3.63) is 0 Å². The van der Waals surface area contributed by atoms with E-state index < -0.39 is 10.8 Å². The first-order valence-corrected chi connectivity index (χ1v) is 6.17. The van der Waals surface area contributed by atoms with Gasteiger partial charge in [-0.1, -0.05) is 0 Å². The Kier molecular flexibility index (Phi) is 4.06. The molecule has 0 saturated carbocycles. The molecule has 0 radical (unpaired) electrons. The zero-order valence-corrected chi connectivity index (χ0v) is 9.10. The lowest BCUT2D eigenvalue weighted by molar-refractivity contribution is -0.117. The van der Waals surface area contributed by atoms with Crippen LogP contribution in [0.5, 0.6) is 0 Å². The average Bonchev–Trinajstić information content (AvgIpc) is 2.02. The van der Waals surface area contributed by atoms with Crippen LogP contribution < -0.4 is 0 Å². The zero-order valence-electron chi connectivity index (χ0n) is 8.28. The molecule has 3 nitrogen and oxygen atoms in total. The van der Waals surface area contributed by atoms with Crippen LogP contribution in [0.15, 0.2) is 0 Å². The highest BCUT2D eigenvalue weighted by molar-refractivity contribution is 7.85. The number of hydrogen-bond acceptors (Lipinski definition) is 3. The van der Waals surface area contributed by atoms with Crippen molar-refractivity contribution >= 4 is 16.6 Å². The van der Waals surface area contributed by atoms with E-state index in [4.69, 9.17) is 0 Å². The molecular weight excluding hydrogens is 186 g/mol. The summed E-state index contributed by atoms with van der Waals surface area (Å²) in [6, 6.07) is 0.369. The third-order valence-corrected chi connectivity index (χ3v) is 3.90. The second kappa shape index (κ2) is 4.86. The predicted octanol–water partition coefficient (Wildman–Crippen LogP) is 0.418. The van der Waals surface area contributed by atoms with Gasteiger partial charge in [0.2, 0.25) is 0 Å². The van der Waals surface area contributed by atoms with Gasteiger partial charge in [-0.05, 0) is 13.8 Å². The molecule has 0 aromatic rings. The van der Waals surface area contributed by atoms with Gasteiger partial charge in [-0.2, -0.15) is 0 Å². The van der Waals surface area contributed by atoms with Crippen LogP contribution in [0.1, 0.15) is 20.3 Å². The summed E-state index contributed by atoms with van der Waals surface area (Å²) in [4.78, 5) is 13.0. The summed E-state index contributed by atoms with van der Waals surface area (Å²) in [6.45, 7) is 5.40.